The Bertz CT molecular complexity index is 2300. The molecule has 3 N–H and O–H groups in total. The lowest BCUT2D eigenvalue weighted by Gasteiger charge is -2.33. The molecule has 0 spiro atoms. The van der Waals surface area contributed by atoms with Gasteiger partial charge in [-0.3, -0.25) is 0 Å². The van der Waals surface area contributed by atoms with Crippen molar-refractivity contribution in [2.45, 2.75) is 27.1 Å². The highest BCUT2D eigenvalue weighted by Gasteiger charge is 2.28. The molecule has 1 heterocycles. The first-order valence-electron chi connectivity index (χ1n) is 18.4. The number of halogens is 2. The number of hydrogen-bond acceptors (Lipinski definition) is 11. The predicted molar refractivity (Wildman–Crippen MR) is 223 cm³/mol. The van der Waals surface area contributed by atoms with Gasteiger partial charge in [0.1, 0.15) is 0 Å². The van der Waals surface area contributed by atoms with E-state index in [-0.39, 0.29) is 86.5 Å². The van der Waals surface area contributed by atoms with Gasteiger partial charge < -0.3 is 23.8 Å². The number of nitrogens with one attached hydrogen (secondary N) is 3. The van der Waals surface area contributed by atoms with Crippen LogP contribution in [0, 0.1) is 0 Å². The first kappa shape index (κ1) is 46.1. The highest BCUT2D eigenvalue weighted by Crippen LogP contribution is 2.39. The number of likely N-dealkylation sites (N-methyl/N-ethyl adjacent to an activating group) is 1. The second-order valence-electron chi connectivity index (χ2n) is 13.3. The van der Waals surface area contributed by atoms with Crippen LogP contribution in [0.15, 0.2) is 99.6 Å². The molecule has 4 aromatic carbocycles. The van der Waals surface area contributed by atoms with Crippen LogP contribution in [0.4, 0.5) is 0 Å². The molecule has 0 aliphatic carbocycles. The van der Waals surface area contributed by atoms with Crippen LogP contribution >= 0.6 is 23.2 Å². The van der Waals surface area contributed by atoms with E-state index in [2.05, 4.69) is 19.1 Å². The molecule has 316 valence electrons. The maximum absolute atomic E-state index is 13.1. The molecule has 0 saturated heterocycles. The molecule has 1 aliphatic rings. The second kappa shape index (κ2) is 21.5. The van der Waals surface area contributed by atoms with Crippen molar-refractivity contribution in [3.05, 3.63) is 112 Å². The molecule has 0 aromatic heterocycles. The van der Waals surface area contributed by atoms with Gasteiger partial charge in [0.2, 0.25) is 30.1 Å². The molecule has 0 radical (unpaired) electrons. The smallest absolute Gasteiger partial charge is 0.240 e. The number of methoxy groups -OCH3 is 1. The standard InChI is InChI=1S/C39H48Cl2N4O10S3/c1-45-27-37(36-25-32(40)26-39(41)38(36)28-45)31-4-3-5-35(24-31)58(50,51)44-16-19-54-21-23-55-22-20-53-18-15-43-57(48,49)34-12-8-30(9-13-34)29-6-10-33(11-7-29)56(46,47)42-14-17-52-2/h3-13,24-26,37,42-44H,14-23,27-28H2,1-2H3. The van der Waals surface area contributed by atoms with Gasteiger partial charge in [-0.15, -0.1) is 0 Å². The molecular formula is C39H48Cl2N4O10S3. The van der Waals surface area contributed by atoms with Crippen molar-refractivity contribution < 1.29 is 44.2 Å². The van der Waals surface area contributed by atoms with E-state index in [1.165, 1.54) is 31.4 Å². The first-order valence-corrected chi connectivity index (χ1v) is 23.6. The van der Waals surface area contributed by atoms with Gasteiger partial charge in [0.05, 0.1) is 60.9 Å². The fourth-order valence-corrected chi connectivity index (χ4v) is 9.91. The minimum Gasteiger partial charge on any atom is -0.383 e. The number of sulfonamides is 3. The molecule has 1 atom stereocenters. The van der Waals surface area contributed by atoms with Crippen molar-refractivity contribution >= 4 is 53.3 Å². The van der Waals surface area contributed by atoms with Crippen molar-refractivity contribution in [1.82, 2.24) is 19.1 Å². The molecule has 58 heavy (non-hydrogen) atoms. The van der Waals surface area contributed by atoms with Gasteiger partial charge in [-0.2, -0.15) is 0 Å². The van der Waals surface area contributed by atoms with E-state index >= 15 is 0 Å². The SMILES string of the molecule is COCCNS(=O)(=O)c1ccc(-c2ccc(S(=O)(=O)NCCOCCOCCOCCNS(=O)(=O)c3cccc(C4CN(C)Cc5c(Cl)cc(Cl)cc54)c3)cc2)cc1. The summed E-state index contributed by atoms with van der Waals surface area (Å²) in [5.74, 6) is -0.0948. The lowest BCUT2D eigenvalue weighted by molar-refractivity contribution is 0.0167. The Balaban J connectivity index is 0.938. The van der Waals surface area contributed by atoms with Crippen molar-refractivity contribution in [3.8, 4) is 11.1 Å². The number of rotatable bonds is 23. The van der Waals surface area contributed by atoms with Gasteiger partial charge in [0, 0.05) is 55.8 Å². The van der Waals surface area contributed by atoms with Gasteiger partial charge in [0.15, 0.2) is 0 Å². The van der Waals surface area contributed by atoms with Crippen molar-refractivity contribution in [3.63, 3.8) is 0 Å². The van der Waals surface area contributed by atoms with Crippen molar-refractivity contribution in [2.75, 3.05) is 86.6 Å². The van der Waals surface area contributed by atoms with Crippen LogP contribution in [-0.2, 0) is 55.6 Å². The van der Waals surface area contributed by atoms with E-state index in [1.54, 1.807) is 48.5 Å². The summed E-state index contributed by atoms with van der Waals surface area (Å²) in [5.41, 5.74) is 4.28. The van der Waals surface area contributed by atoms with Gasteiger partial charge in [-0.05, 0) is 83.4 Å². The van der Waals surface area contributed by atoms with Crippen molar-refractivity contribution in [2.24, 2.45) is 0 Å². The summed E-state index contributed by atoms with van der Waals surface area (Å²) in [6.07, 6.45) is 0. The quantitative estimate of drug-likeness (QED) is 0.0896. The Morgan fingerprint density at radius 1 is 0.621 bits per heavy atom. The predicted octanol–water partition coefficient (Wildman–Crippen LogP) is 4.47. The Hall–Kier alpha value is -3.01. The average molecular weight is 900 g/mol. The molecule has 14 nitrogen and oxygen atoms in total. The molecular weight excluding hydrogens is 852 g/mol. The van der Waals surface area contributed by atoms with Crippen LogP contribution in [0.25, 0.3) is 11.1 Å². The Morgan fingerprint density at radius 3 is 1.62 bits per heavy atom. The summed E-state index contributed by atoms with van der Waals surface area (Å²) in [6.45, 7) is 3.19. The Labute approximate surface area is 351 Å². The normalized spacial score (nSPS) is 15.1. The molecule has 0 saturated carbocycles. The topological polar surface area (TPSA) is 179 Å². The highest BCUT2D eigenvalue weighted by atomic mass is 35.5. The van der Waals surface area contributed by atoms with Crippen LogP contribution in [0.3, 0.4) is 0 Å². The van der Waals surface area contributed by atoms with E-state index in [1.807, 2.05) is 19.2 Å². The fraction of sp³-hybridized carbons (Fsp3) is 0.385. The maximum Gasteiger partial charge on any atom is 0.240 e. The minimum atomic E-state index is -3.79. The number of benzene rings is 4. The molecule has 19 heteroatoms. The van der Waals surface area contributed by atoms with E-state index in [4.69, 9.17) is 42.1 Å². The summed E-state index contributed by atoms with van der Waals surface area (Å²) in [5, 5.41) is 1.13. The van der Waals surface area contributed by atoms with E-state index in [9.17, 15) is 25.3 Å². The van der Waals surface area contributed by atoms with Crippen LogP contribution in [0.5, 0.6) is 0 Å². The van der Waals surface area contributed by atoms with E-state index < -0.39 is 30.1 Å². The molecule has 1 aliphatic heterocycles. The maximum atomic E-state index is 13.1. The first-order chi connectivity index (χ1) is 27.7. The highest BCUT2D eigenvalue weighted by molar-refractivity contribution is 7.90. The lowest BCUT2D eigenvalue weighted by atomic mass is 9.85. The van der Waals surface area contributed by atoms with E-state index in [0.29, 0.717) is 23.1 Å². The summed E-state index contributed by atoms with van der Waals surface area (Å²) in [4.78, 5) is 2.49. The zero-order valence-electron chi connectivity index (χ0n) is 32.2. The number of nitrogens with zero attached hydrogens (tertiary/aromatic N) is 1. The van der Waals surface area contributed by atoms with Crippen LogP contribution in [0.1, 0.15) is 22.6 Å². The summed E-state index contributed by atoms with van der Waals surface area (Å²) in [7, 11) is -7.76. The van der Waals surface area contributed by atoms with Gasteiger partial charge in [0.25, 0.3) is 0 Å². The zero-order valence-corrected chi connectivity index (χ0v) is 36.1. The lowest BCUT2D eigenvalue weighted by Crippen LogP contribution is -2.31. The Kier molecular flexibility index (Phi) is 17.1. The monoisotopic (exact) mass is 898 g/mol. The molecule has 0 fully saturated rings. The number of hydrogen-bond donors (Lipinski definition) is 3. The van der Waals surface area contributed by atoms with Crippen LogP contribution in [-0.4, -0.2) is 117 Å². The third kappa shape index (κ3) is 13.0. The van der Waals surface area contributed by atoms with Gasteiger partial charge >= 0.3 is 0 Å². The van der Waals surface area contributed by atoms with Crippen LogP contribution < -0.4 is 14.2 Å². The van der Waals surface area contributed by atoms with E-state index in [0.717, 1.165) is 27.8 Å². The van der Waals surface area contributed by atoms with Gasteiger partial charge in [-0.1, -0.05) is 59.6 Å². The number of fused-ring (bicyclic) bond motifs is 1. The second-order valence-corrected chi connectivity index (χ2v) is 19.5. The molecule has 4 aromatic rings. The Morgan fingerprint density at radius 2 is 1.10 bits per heavy atom. The third-order valence-electron chi connectivity index (χ3n) is 9.15. The summed E-state index contributed by atoms with van der Waals surface area (Å²) < 4.78 is 105. The minimum absolute atomic E-state index is 0.0530. The fourth-order valence-electron chi connectivity index (χ4n) is 6.25. The van der Waals surface area contributed by atoms with Gasteiger partial charge in [-0.25, -0.2) is 39.4 Å². The average Bonchev–Trinajstić information content (AvgIpc) is 3.20. The molecule has 0 amide bonds. The molecule has 1 unspecified atom stereocenters. The van der Waals surface area contributed by atoms with Crippen LogP contribution in [0.2, 0.25) is 10.0 Å². The largest absolute Gasteiger partial charge is 0.383 e. The summed E-state index contributed by atoms with van der Waals surface area (Å²) >= 11 is 12.8. The molecule has 0 bridgehead atoms. The zero-order chi connectivity index (χ0) is 41.8. The number of ether oxygens (including phenoxy) is 4. The molecule has 5 rings (SSSR count). The van der Waals surface area contributed by atoms with Crippen molar-refractivity contribution in [1.29, 1.82) is 0 Å². The summed E-state index contributed by atoms with van der Waals surface area (Å²) in [6, 6.07) is 23.0. The third-order valence-corrected chi connectivity index (χ3v) is 14.1.